The van der Waals surface area contributed by atoms with E-state index in [1.807, 2.05) is 0 Å². The molecular formula is C17H26N2O. The fraction of sp³-hybridized carbons (Fsp3) is 0.941. The summed E-state index contributed by atoms with van der Waals surface area (Å²) in [6.07, 6.45) is 7.72. The highest BCUT2D eigenvalue weighted by atomic mass is 16.2. The van der Waals surface area contributed by atoms with Crippen LogP contribution >= 0.6 is 0 Å². The number of hydrogen-bond donors (Lipinski definition) is 2. The molecule has 0 aromatic rings. The topological polar surface area (TPSA) is 41.1 Å². The maximum atomic E-state index is 13.0. The summed E-state index contributed by atoms with van der Waals surface area (Å²) in [5.74, 6) is 3.59. The van der Waals surface area contributed by atoms with Gasteiger partial charge in [0.25, 0.3) is 0 Å². The van der Waals surface area contributed by atoms with Crippen LogP contribution in [0.25, 0.3) is 0 Å². The maximum absolute atomic E-state index is 13.0. The lowest BCUT2D eigenvalue weighted by atomic mass is 9.44. The Morgan fingerprint density at radius 3 is 2.35 bits per heavy atom. The Kier molecular flexibility index (Phi) is 2.16. The third kappa shape index (κ3) is 1.53. The molecule has 20 heavy (non-hydrogen) atoms. The smallest absolute Gasteiger partial charge is 0.226 e. The molecule has 0 aromatic heterocycles. The van der Waals surface area contributed by atoms with Gasteiger partial charge in [0.05, 0.1) is 5.41 Å². The molecule has 4 atom stereocenters. The van der Waals surface area contributed by atoms with E-state index in [0.717, 1.165) is 36.8 Å². The lowest BCUT2D eigenvalue weighted by molar-refractivity contribution is -0.155. The number of rotatable bonds is 2. The second-order valence-electron chi connectivity index (χ2n) is 9.04. The van der Waals surface area contributed by atoms with Crippen LogP contribution in [0, 0.1) is 34.5 Å². The van der Waals surface area contributed by atoms with Crippen LogP contribution in [0.15, 0.2) is 0 Å². The highest BCUT2D eigenvalue weighted by Gasteiger charge is 2.61. The van der Waals surface area contributed by atoms with Crippen molar-refractivity contribution in [3.05, 3.63) is 0 Å². The minimum atomic E-state index is 0.0170. The molecule has 5 aliphatic carbocycles. The van der Waals surface area contributed by atoms with Crippen LogP contribution in [0.2, 0.25) is 0 Å². The lowest BCUT2D eigenvalue weighted by Crippen LogP contribution is -2.57. The summed E-state index contributed by atoms with van der Waals surface area (Å²) in [6.45, 7) is 4.68. The van der Waals surface area contributed by atoms with Gasteiger partial charge in [-0.25, -0.2) is 0 Å². The number of carbonyl (C=O) groups excluding carboxylic acids is 1. The molecule has 5 saturated carbocycles. The first kappa shape index (κ1) is 12.0. The number of hydrogen-bond acceptors (Lipinski definition) is 2. The number of amides is 1. The highest BCUT2D eigenvalue weighted by Crippen LogP contribution is 2.65. The first-order chi connectivity index (χ1) is 9.57. The Morgan fingerprint density at radius 2 is 1.75 bits per heavy atom. The second kappa shape index (κ2) is 3.60. The van der Waals surface area contributed by atoms with Crippen LogP contribution in [-0.4, -0.2) is 25.0 Å². The van der Waals surface area contributed by atoms with Crippen LogP contribution in [0.1, 0.15) is 45.4 Å². The van der Waals surface area contributed by atoms with Crippen molar-refractivity contribution >= 4 is 5.91 Å². The summed E-state index contributed by atoms with van der Waals surface area (Å²) in [5, 5.41) is 6.87. The molecule has 110 valence electrons. The summed E-state index contributed by atoms with van der Waals surface area (Å²) < 4.78 is 0. The van der Waals surface area contributed by atoms with E-state index in [-0.39, 0.29) is 5.41 Å². The summed E-state index contributed by atoms with van der Waals surface area (Å²) in [6, 6.07) is 0.504. The quantitative estimate of drug-likeness (QED) is 0.808. The van der Waals surface area contributed by atoms with Crippen molar-refractivity contribution in [1.29, 1.82) is 0 Å². The monoisotopic (exact) mass is 274 g/mol. The molecule has 1 saturated heterocycles. The minimum absolute atomic E-state index is 0.0170. The van der Waals surface area contributed by atoms with Gasteiger partial charge in [-0.2, -0.15) is 0 Å². The van der Waals surface area contributed by atoms with Gasteiger partial charge >= 0.3 is 0 Å². The average Bonchev–Trinajstić information content (AvgIpc) is 2.80. The molecule has 0 spiro atoms. The summed E-state index contributed by atoms with van der Waals surface area (Å²) in [5.41, 5.74) is 0.492. The molecule has 1 amide bonds. The first-order valence-electron chi connectivity index (χ1n) is 8.59. The maximum Gasteiger partial charge on any atom is 0.226 e. The van der Waals surface area contributed by atoms with Gasteiger partial charge in [0.2, 0.25) is 5.91 Å². The predicted octanol–water partition coefficient (Wildman–Crippen LogP) is 1.93. The highest BCUT2D eigenvalue weighted by molar-refractivity contribution is 5.84. The molecule has 0 aromatic carbocycles. The molecule has 4 unspecified atom stereocenters. The third-order valence-electron chi connectivity index (χ3n) is 7.22. The lowest BCUT2D eigenvalue weighted by Gasteiger charge is -2.60. The van der Waals surface area contributed by atoms with Gasteiger partial charge in [0, 0.05) is 19.1 Å². The Hall–Kier alpha value is -0.570. The fourth-order valence-corrected chi connectivity index (χ4v) is 6.92. The normalized spacial score (nSPS) is 58.5. The third-order valence-corrected chi connectivity index (χ3v) is 7.22. The summed E-state index contributed by atoms with van der Waals surface area (Å²) >= 11 is 0. The molecule has 1 heterocycles. The molecule has 3 nitrogen and oxygen atoms in total. The van der Waals surface area contributed by atoms with Gasteiger partial charge in [0.15, 0.2) is 0 Å². The van der Waals surface area contributed by atoms with E-state index in [1.165, 1.54) is 38.5 Å². The Bertz CT molecular complexity index is 450. The van der Waals surface area contributed by atoms with Crippen LogP contribution in [-0.2, 0) is 4.79 Å². The van der Waals surface area contributed by atoms with E-state index in [0.29, 0.717) is 17.4 Å². The fourth-order valence-electron chi connectivity index (χ4n) is 6.92. The molecule has 4 bridgehead atoms. The van der Waals surface area contributed by atoms with Gasteiger partial charge in [-0.05, 0) is 67.6 Å². The van der Waals surface area contributed by atoms with Crippen LogP contribution < -0.4 is 10.6 Å². The van der Waals surface area contributed by atoms with Crippen molar-refractivity contribution in [3.63, 3.8) is 0 Å². The van der Waals surface area contributed by atoms with Crippen LogP contribution in [0.5, 0.6) is 0 Å². The van der Waals surface area contributed by atoms with E-state index in [4.69, 9.17) is 0 Å². The molecule has 0 radical (unpaired) electrons. The zero-order chi connectivity index (χ0) is 13.5. The number of carbonyl (C=O) groups is 1. The molecule has 1 aliphatic heterocycles. The minimum Gasteiger partial charge on any atom is -0.352 e. The molecule has 6 aliphatic rings. The number of piperidine rings is 1. The SMILES string of the molecule is CC12CC3CC(C1)CC(C(=O)NC1C4CNCC41)(C3)C2. The van der Waals surface area contributed by atoms with E-state index in [9.17, 15) is 4.79 Å². The Balaban J connectivity index is 1.36. The van der Waals surface area contributed by atoms with E-state index >= 15 is 0 Å². The predicted molar refractivity (Wildman–Crippen MR) is 77.0 cm³/mol. The number of fused-ring (bicyclic) bond motifs is 1. The molecule has 2 N–H and O–H groups in total. The van der Waals surface area contributed by atoms with Gasteiger partial charge in [0.1, 0.15) is 0 Å². The van der Waals surface area contributed by atoms with Crippen molar-refractivity contribution in [2.24, 2.45) is 34.5 Å². The average molecular weight is 274 g/mol. The van der Waals surface area contributed by atoms with Gasteiger partial charge in [-0.15, -0.1) is 0 Å². The zero-order valence-corrected chi connectivity index (χ0v) is 12.5. The molecule has 6 rings (SSSR count). The second-order valence-corrected chi connectivity index (χ2v) is 9.04. The van der Waals surface area contributed by atoms with Crippen molar-refractivity contribution in [2.75, 3.05) is 13.1 Å². The van der Waals surface area contributed by atoms with Gasteiger partial charge in [-0.1, -0.05) is 6.92 Å². The Morgan fingerprint density at radius 1 is 1.10 bits per heavy atom. The largest absolute Gasteiger partial charge is 0.352 e. The van der Waals surface area contributed by atoms with E-state index < -0.39 is 0 Å². The van der Waals surface area contributed by atoms with Gasteiger partial charge < -0.3 is 10.6 Å². The Labute approximate surface area is 121 Å². The first-order valence-corrected chi connectivity index (χ1v) is 8.59. The molecule has 3 heteroatoms. The molecular weight excluding hydrogens is 248 g/mol. The van der Waals surface area contributed by atoms with Crippen LogP contribution in [0.3, 0.4) is 0 Å². The standard InChI is InChI=1S/C17H26N2O/c1-16-3-10-2-11(4-16)6-17(5-10,9-16)15(20)19-14-12-7-18-8-13(12)14/h10-14,18H,2-9H2,1H3,(H,19,20). The van der Waals surface area contributed by atoms with Crippen molar-refractivity contribution < 1.29 is 4.79 Å². The summed E-state index contributed by atoms with van der Waals surface area (Å²) in [7, 11) is 0. The van der Waals surface area contributed by atoms with E-state index in [1.54, 1.807) is 0 Å². The van der Waals surface area contributed by atoms with Crippen molar-refractivity contribution in [3.8, 4) is 0 Å². The van der Waals surface area contributed by atoms with Crippen molar-refractivity contribution in [1.82, 2.24) is 10.6 Å². The van der Waals surface area contributed by atoms with E-state index in [2.05, 4.69) is 17.6 Å². The summed E-state index contributed by atoms with van der Waals surface area (Å²) in [4.78, 5) is 13.0. The van der Waals surface area contributed by atoms with Crippen LogP contribution in [0.4, 0.5) is 0 Å². The number of nitrogens with one attached hydrogen (secondary N) is 2. The van der Waals surface area contributed by atoms with Crippen molar-refractivity contribution in [2.45, 2.75) is 51.5 Å². The molecule has 6 fully saturated rings. The van der Waals surface area contributed by atoms with Gasteiger partial charge in [-0.3, -0.25) is 4.79 Å². The zero-order valence-electron chi connectivity index (χ0n) is 12.5.